The van der Waals surface area contributed by atoms with Crippen molar-refractivity contribution in [2.75, 3.05) is 0 Å². The SMILES string of the molecule is NC(=O)CCn1c(O)c(-c2ccccc2)c(=O)[nH]c1=O. The minimum absolute atomic E-state index is 0.0188. The molecule has 7 heteroatoms. The molecule has 0 radical (unpaired) electrons. The zero-order valence-corrected chi connectivity index (χ0v) is 10.5. The van der Waals surface area contributed by atoms with Crippen molar-refractivity contribution in [1.29, 1.82) is 0 Å². The minimum Gasteiger partial charge on any atom is -0.494 e. The predicted octanol–water partition coefficient (Wildman–Crippen LogP) is -0.215. The summed E-state index contributed by atoms with van der Waals surface area (Å²) < 4.78 is 0.911. The number of H-pyrrole nitrogens is 1. The largest absolute Gasteiger partial charge is 0.494 e. The number of amides is 1. The molecule has 0 aliphatic carbocycles. The van der Waals surface area contributed by atoms with E-state index in [1.807, 2.05) is 0 Å². The molecule has 0 saturated carbocycles. The van der Waals surface area contributed by atoms with Crippen LogP contribution in [-0.2, 0) is 11.3 Å². The quantitative estimate of drug-likeness (QED) is 0.715. The molecule has 0 atom stereocenters. The van der Waals surface area contributed by atoms with Crippen LogP contribution in [0.2, 0.25) is 0 Å². The van der Waals surface area contributed by atoms with Gasteiger partial charge in [-0.05, 0) is 5.56 Å². The second-order valence-corrected chi connectivity index (χ2v) is 4.19. The van der Waals surface area contributed by atoms with E-state index in [0.717, 1.165) is 4.57 Å². The van der Waals surface area contributed by atoms with Crippen molar-refractivity contribution in [2.24, 2.45) is 5.73 Å². The van der Waals surface area contributed by atoms with Crippen LogP contribution in [0.5, 0.6) is 5.88 Å². The number of hydrogen-bond acceptors (Lipinski definition) is 4. The smallest absolute Gasteiger partial charge is 0.331 e. The third kappa shape index (κ3) is 2.61. The van der Waals surface area contributed by atoms with E-state index < -0.39 is 23.0 Å². The molecule has 0 fully saturated rings. The number of carbonyl (C=O) groups excluding carboxylic acids is 1. The highest BCUT2D eigenvalue weighted by Gasteiger charge is 2.15. The topological polar surface area (TPSA) is 118 Å². The van der Waals surface area contributed by atoms with Gasteiger partial charge >= 0.3 is 5.69 Å². The highest BCUT2D eigenvalue weighted by Crippen LogP contribution is 2.23. The lowest BCUT2D eigenvalue weighted by Gasteiger charge is -2.10. The molecule has 2 rings (SSSR count). The van der Waals surface area contributed by atoms with Gasteiger partial charge in [-0.25, -0.2) is 4.79 Å². The molecule has 104 valence electrons. The molecule has 1 aromatic heterocycles. The van der Waals surface area contributed by atoms with E-state index in [-0.39, 0.29) is 18.5 Å². The van der Waals surface area contributed by atoms with Gasteiger partial charge in [0.15, 0.2) is 0 Å². The van der Waals surface area contributed by atoms with Gasteiger partial charge in [-0.1, -0.05) is 30.3 Å². The van der Waals surface area contributed by atoms with E-state index in [9.17, 15) is 19.5 Å². The first-order valence-electron chi connectivity index (χ1n) is 5.90. The maximum absolute atomic E-state index is 11.8. The maximum atomic E-state index is 11.8. The zero-order valence-electron chi connectivity index (χ0n) is 10.5. The number of carbonyl (C=O) groups is 1. The molecule has 1 heterocycles. The van der Waals surface area contributed by atoms with Crippen LogP contribution in [0.15, 0.2) is 39.9 Å². The Morgan fingerprint density at radius 2 is 1.90 bits per heavy atom. The predicted molar refractivity (Wildman–Crippen MR) is 72.2 cm³/mol. The van der Waals surface area contributed by atoms with Gasteiger partial charge in [0.1, 0.15) is 5.56 Å². The summed E-state index contributed by atoms with van der Waals surface area (Å²) in [7, 11) is 0. The molecule has 0 saturated heterocycles. The number of aromatic amines is 1. The van der Waals surface area contributed by atoms with Gasteiger partial charge < -0.3 is 10.8 Å². The second kappa shape index (κ2) is 5.43. The van der Waals surface area contributed by atoms with Crippen molar-refractivity contribution in [3.05, 3.63) is 51.2 Å². The summed E-state index contributed by atoms with van der Waals surface area (Å²) in [6.07, 6.45) is -0.117. The van der Waals surface area contributed by atoms with E-state index in [1.165, 1.54) is 0 Å². The molecule has 4 N–H and O–H groups in total. The van der Waals surface area contributed by atoms with Crippen molar-refractivity contribution in [1.82, 2.24) is 9.55 Å². The van der Waals surface area contributed by atoms with Gasteiger partial charge in [0.05, 0.1) is 0 Å². The van der Waals surface area contributed by atoms with Crippen molar-refractivity contribution in [2.45, 2.75) is 13.0 Å². The fourth-order valence-corrected chi connectivity index (χ4v) is 1.85. The molecule has 20 heavy (non-hydrogen) atoms. The number of primary amides is 1. The van der Waals surface area contributed by atoms with Crippen LogP contribution in [0.3, 0.4) is 0 Å². The van der Waals surface area contributed by atoms with E-state index in [0.29, 0.717) is 5.56 Å². The molecule has 0 bridgehead atoms. The Balaban J connectivity index is 2.59. The fraction of sp³-hybridized carbons (Fsp3) is 0.154. The summed E-state index contributed by atoms with van der Waals surface area (Å²) in [4.78, 5) is 36.4. The van der Waals surface area contributed by atoms with E-state index in [4.69, 9.17) is 5.73 Å². The standard InChI is InChI=1S/C13H13N3O4/c14-9(17)6-7-16-12(19)10(11(18)15-13(16)20)8-4-2-1-3-5-8/h1-5,19H,6-7H2,(H2,14,17)(H,15,18,20). The summed E-state index contributed by atoms with van der Waals surface area (Å²) in [5.74, 6) is -1.09. The van der Waals surface area contributed by atoms with Crippen molar-refractivity contribution >= 4 is 5.91 Å². The lowest BCUT2D eigenvalue weighted by Crippen LogP contribution is -2.32. The van der Waals surface area contributed by atoms with Crippen LogP contribution in [0.1, 0.15) is 6.42 Å². The fourth-order valence-electron chi connectivity index (χ4n) is 1.85. The van der Waals surface area contributed by atoms with Crippen LogP contribution in [0.4, 0.5) is 0 Å². The second-order valence-electron chi connectivity index (χ2n) is 4.19. The van der Waals surface area contributed by atoms with Gasteiger partial charge in [0.25, 0.3) is 5.56 Å². The maximum Gasteiger partial charge on any atom is 0.331 e. The summed E-state index contributed by atoms with van der Waals surface area (Å²) in [5, 5.41) is 10.1. The number of benzene rings is 1. The number of aromatic nitrogens is 2. The summed E-state index contributed by atoms with van der Waals surface area (Å²) >= 11 is 0. The molecule has 0 aliphatic heterocycles. The average molecular weight is 275 g/mol. The molecule has 2 aromatic rings. The number of rotatable bonds is 4. The Bertz CT molecular complexity index is 746. The average Bonchev–Trinajstić information content (AvgIpc) is 2.38. The molecule has 7 nitrogen and oxygen atoms in total. The number of nitrogens with two attached hydrogens (primary N) is 1. The summed E-state index contributed by atoms with van der Waals surface area (Å²) in [5.41, 5.74) is 3.99. The number of hydrogen-bond donors (Lipinski definition) is 3. The Morgan fingerprint density at radius 1 is 1.25 bits per heavy atom. The van der Waals surface area contributed by atoms with Gasteiger partial charge in [-0.2, -0.15) is 0 Å². The Hall–Kier alpha value is -2.83. The molecule has 0 aliphatic rings. The van der Waals surface area contributed by atoms with Crippen LogP contribution in [-0.4, -0.2) is 20.6 Å². The Morgan fingerprint density at radius 3 is 2.50 bits per heavy atom. The van der Waals surface area contributed by atoms with Gasteiger partial charge in [-0.15, -0.1) is 0 Å². The number of nitrogens with one attached hydrogen (secondary N) is 1. The van der Waals surface area contributed by atoms with Crippen LogP contribution < -0.4 is 17.0 Å². The lowest BCUT2D eigenvalue weighted by atomic mass is 10.1. The summed E-state index contributed by atoms with van der Waals surface area (Å²) in [6, 6.07) is 8.43. The normalized spacial score (nSPS) is 10.4. The third-order valence-electron chi connectivity index (χ3n) is 2.82. The monoisotopic (exact) mass is 275 g/mol. The highest BCUT2D eigenvalue weighted by molar-refractivity contribution is 5.73. The first kappa shape index (κ1) is 13.6. The first-order chi connectivity index (χ1) is 9.50. The zero-order chi connectivity index (χ0) is 14.7. The van der Waals surface area contributed by atoms with Crippen molar-refractivity contribution in [3.63, 3.8) is 0 Å². The number of nitrogens with zero attached hydrogens (tertiary/aromatic N) is 1. The highest BCUT2D eigenvalue weighted by atomic mass is 16.3. The molecule has 1 amide bonds. The number of aromatic hydroxyl groups is 1. The van der Waals surface area contributed by atoms with Crippen LogP contribution in [0, 0.1) is 0 Å². The van der Waals surface area contributed by atoms with Gasteiger partial charge in [-0.3, -0.25) is 19.1 Å². The molecular formula is C13H13N3O4. The van der Waals surface area contributed by atoms with E-state index in [2.05, 4.69) is 4.98 Å². The van der Waals surface area contributed by atoms with E-state index in [1.54, 1.807) is 30.3 Å². The molecule has 0 unspecified atom stereocenters. The van der Waals surface area contributed by atoms with Gasteiger partial charge in [0, 0.05) is 13.0 Å². The van der Waals surface area contributed by atoms with Gasteiger partial charge in [0.2, 0.25) is 11.8 Å². The molecule has 0 spiro atoms. The van der Waals surface area contributed by atoms with E-state index >= 15 is 0 Å². The van der Waals surface area contributed by atoms with Crippen molar-refractivity contribution in [3.8, 4) is 17.0 Å². The van der Waals surface area contributed by atoms with Crippen LogP contribution >= 0.6 is 0 Å². The lowest BCUT2D eigenvalue weighted by molar-refractivity contribution is -0.118. The molecule has 1 aromatic carbocycles. The Kier molecular flexibility index (Phi) is 3.69. The van der Waals surface area contributed by atoms with Crippen molar-refractivity contribution < 1.29 is 9.90 Å². The Labute approximate surface area is 113 Å². The minimum atomic E-state index is -0.784. The van der Waals surface area contributed by atoms with Crippen LogP contribution in [0.25, 0.3) is 11.1 Å². The first-order valence-corrected chi connectivity index (χ1v) is 5.90. The molecular weight excluding hydrogens is 262 g/mol. The summed E-state index contributed by atoms with van der Waals surface area (Å²) in [6.45, 7) is -0.101. The third-order valence-corrected chi connectivity index (χ3v) is 2.82.